The standard InChI is InChI=1S/C26H35F3O7S/c1-7-8-17-21-14(2)9-10-16(23(21,4)5)11-18-24(6,22(17)31)19(36-37(32,33)26(27,28)29)12-20-25(18,13-34-20)35-15(3)30/h7,16-20H,1,8-13H2,2-6H3/t16-,17+,18?,19-,20+,24-,25+/m0/s1. The molecule has 2 saturated carbocycles. The first-order chi connectivity index (χ1) is 16.9. The number of carbonyl (C=O) groups excluding carboxylic acids is 2. The van der Waals surface area contributed by atoms with Crippen LogP contribution in [0.5, 0.6) is 0 Å². The maximum Gasteiger partial charge on any atom is 0.523 e. The normalized spacial score (nSPS) is 39.5. The fraction of sp³-hybridized carbons (Fsp3) is 0.769. The van der Waals surface area contributed by atoms with Gasteiger partial charge in [0.15, 0.2) is 5.60 Å². The number of allylic oxidation sites excluding steroid dienone is 3. The second-order valence-corrected chi connectivity index (χ2v) is 13.3. The van der Waals surface area contributed by atoms with Gasteiger partial charge in [-0.2, -0.15) is 21.6 Å². The van der Waals surface area contributed by atoms with Crippen LogP contribution in [-0.2, 0) is 33.4 Å². The highest BCUT2D eigenvalue weighted by Gasteiger charge is 2.72. The Morgan fingerprint density at radius 3 is 2.41 bits per heavy atom. The number of esters is 1. The number of ketones is 1. The number of fused-ring (bicyclic) bond motifs is 5. The molecule has 2 bridgehead atoms. The van der Waals surface area contributed by atoms with Gasteiger partial charge in [0.1, 0.15) is 11.9 Å². The number of ether oxygens (including phenoxy) is 2. The summed E-state index contributed by atoms with van der Waals surface area (Å²) in [6.45, 7) is 12.6. The fourth-order valence-electron chi connectivity index (χ4n) is 7.68. The second-order valence-electron chi connectivity index (χ2n) is 11.7. The highest BCUT2D eigenvalue weighted by atomic mass is 32.2. The number of carbonyl (C=O) groups is 2. The van der Waals surface area contributed by atoms with Crippen LogP contribution < -0.4 is 0 Å². The SMILES string of the molecule is C=CC[C@H]1C(=O)[C@@]2(C)C(C[C@@H]3CCC(C)=C1C3(C)C)[C@]1(OC(C)=O)CO[C@@H]1C[C@@H]2OS(=O)(=O)C(F)(F)F. The van der Waals surface area contributed by atoms with Crippen LogP contribution in [0.3, 0.4) is 0 Å². The third-order valence-electron chi connectivity index (χ3n) is 9.49. The predicted octanol–water partition coefficient (Wildman–Crippen LogP) is 4.87. The summed E-state index contributed by atoms with van der Waals surface area (Å²) in [7, 11) is -6.02. The van der Waals surface area contributed by atoms with E-state index in [9.17, 15) is 31.2 Å². The first kappa shape index (κ1) is 28.3. The largest absolute Gasteiger partial charge is 0.523 e. The van der Waals surface area contributed by atoms with E-state index in [0.29, 0.717) is 6.42 Å². The minimum absolute atomic E-state index is 0.00240. The van der Waals surface area contributed by atoms with E-state index in [4.69, 9.17) is 13.7 Å². The first-order valence-corrected chi connectivity index (χ1v) is 14.0. The summed E-state index contributed by atoms with van der Waals surface area (Å²) in [6.07, 6.45) is 0.833. The topological polar surface area (TPSA) is 96.0 Å². The molecule has 4 aliphatic rings. The molecule has 0 aromatic heterocycles. The zero-order valence-electron chi connectivity index (χ0n) is 21.8. The Hall–Kier alpha value is -1.72. The van der Waals surface area contributed by atoms with Crippen LogP contribution in [0.15, 0.2) is 23.8 Å². The quantitative estimate of drug-likeness (QED) is 0.209. The van der Waals surface area contributed by atoms with Crippen molar-refractivity contribution in [1.82, 2.24) is 0 Å². The molecule has 7 atom stereocenters. The molecule has 3 aliphatic carbocycles. The summed E-state index contributed by atoms with van der Waals surface area (Å²) in [5.41, 5.74) is -7.07. The average molecular weight is 549 g/mol. The number of rotatable bonds is 5. The molecule has 7 nitrogen and oxygen atoms in total. The van der Waals surface area contributed by atoms with Crippen molar-refractivity contribution in [2.45, 2.75) is 90.0 Å². The smallest absolute Gasteiger partial charge is 0.454 e. The van der Waals surface area contributed by atoms with Crippen LogP contribution in [0.25, 0.3) is 0 Å². The molecular formula is C26H35F3O7S. The molecule has 0 N–H and O–H groups in total. The molecule has 1 saturated heterocycles. The Labute approximate surface area is 215 Å². The molecule has 1 heterocycles. The van der Waals surface area contributed by atoms with Gasteiger partial charge in [-0.05, 0) is 50.9 Å². The van der Waals surface area contributed by atoms with Gasteiger partial charge in [0.05, 0.1) is 18.1 Å². The van der Waals surface area contributed by atoms with Crippen LogP contribution in [0.2, 0.25) is 0 Å². The Kier molecular flexibility index (Phi) is 6.81. The minimum atomic E-state index is -6.02. The van der Waals surface area contributed by atoms with Crippen molar-refractivity contribution in [2.75, 3.05) is 6.61 Å². The molecule has 0 aromatic carbocycles. The first-order valence-electron chi connectivity index (χ1n) is 12.6. The maximum absolute atomic E-state index is 14.6. The van der Waals surface area contributed by atoms with Crippen molar-refractivity contribution in [3.63, 3.8) is 0 Å². The molecule has 0 spiro atoms. The monoisotopic (exact) mass is 548 g/mol. The van der Waals surface area contributed by atoms with Gasteiger partial charge in [0.25, 0.3) is 0 Å². The molecule has 11 heteroatoms. The molecule has 0 amide bonds. The van der Waals surface area contributed by atoms with Gasteiger partial charge in [0, 0.05) is 25.2 Å². The van der Waals surface area contributed by atoms with Gasteiger partial charge in [-0.25, -0.2) is 0 Å². The van der Waals surface area contributed by atoms with Crippen molar-refractivity contribution in [3.05, 3.63) is 23.8 Å². The Bertz CT molecular complexity index is 1140. The Morgan fingerprint density at radius 2 is 1.89 bits per heavy atom. The number of hydrogen-bond donors (Lipinski definition) is 0. The van der Waals surface area contributed by atoms with Crippen molar-refractivity contribution in [3.8, 4) is 0 Å². The zero-order valence-corrected chi connectivity index (χ0v) is 22.6. The molecule has 0 aromatic rings. The van der Waals surface area contributed by atoms with Gasteiger partial charge >= 0.3 is 21.6 Å². The molecule has 0 radical (unpaired) electrons. The third kappa shape index (κ3) is 4.11. The molecule has 4 rings (SSSR count). The summed E-state index contributed by atoms with van der Waals surface area (Å²) in [5, 5.41) is 0. The van der Waals surface area contributed by atoms with E-state index in [1.54, 1.807) is 6.08 Å². The van der Waals surface area contributed by atoms with E-state index in [1.807, 2.05) is 6.92 Å². The second kappa shape index (κ2) is 8.91. The molecule has 1 unspecified atom stereocenters. The molecule has 208 valence electrons. The molecule has 3 fully saturated rings. The average Bonchev–Trinajstić information content (AvgIpc) is 2.75. The summed E-state index contributed by atoms with van der Waals surface area (Å²) in [4.78, 5) is 26.9. The van der Waals surface area contributed by atoms with E-state index < -0.39 is 67.9 Å². The minimum Gasteiger partial charge on any atom is -0.454 e. The van der Waals surface area contributed by atoms with Crippen molar-refractivity contribution < 1.29 is 44.8 Å². The molecular weight excluding hydrogens is 513 g/mol. The Morgan fingerprint density at radius 1 is 1.24 bits per heavy atom. The summed E-state index contributed by atoms with van der Waals surface area (Å²) in [5.74, 6) is -2.56. The molecule has 1 aliphatic heterocycles. The van der Waals surface area contributed by atoms with E-state index >= 15 is 0 Å². The van der Waals surface area contributed by atoms with Crippen molar-refractivity contribution in [2.24, 2.45) is 28.6 Å². The highest BCUT2D eigenvalue weighted by Crippen LogP contribution is 2.64. The van der Waals surface area contributed by atoms with E-state index in [1.165, 1.54) is 13.8 Å². The lowest BCUT2D eigenvalue weighted by Crippen LogP contribution is -2.76. The number of hydrogen-bond acceptors (Lipinski definition) is 7. The summed E-state index contributed by atoms with van der Waals surface area (Å²) < 4.78 is 81.1. The van der Waals surface area contributed by atoms with Crippen LogP contribution in [-0.4, -0.2) is 50.1 Å². The van der Waals surface area contributed by atoms with Crippen LogP contribution in [0, 0.1) is 28.6 Å². The number of halogens is 3. The van der Waals surface area contributed by atoms with Gasteiger partial charge in [-0.3, -0.25) is 13.8 Å². The van der Waals surface area contributed by atoms with Crippen LogP contribution in [0.4, 0.5) is 13.2 Å². The van der Waals surface area contributed by atoms with E-state index in [2.05, 4.69) is 20.4 Å². The predicted molar refractivity (Wildman–Crippen MR) is 127 cm³/mol. The third-order valence-corrected chi connectivity index (χ3v) is 10.5. The van der Waals surface area contributed by atoms with Crippen LogP contribution in [0.1, 0.15) is 66.7 Å². The summed E-state index contributed by atoms with van der Waals surface area (Å²) >= 11 is 0. The number of alkyl halides is 3. The Balaban J connectivity index is 1.96. The van der Waals surface area contributed by atoms with Gasteiger partial charge in [-0.15, -0.1) is 6.58 Å². The maximum atomic E-state index is 14.6. The van der Waals surface area contributed by atoms with Crippen molar-refractivity contribution >= 4 is 21.9 Å². The highest BCUT2D eigenvalue weighted by molar-refractivity contribution is 7.87. The lowest BCUT2D eigenvalue weighted by molar-refractivity contribution is -0.319. The lowest BCUT2D eigenvalue weighted by atomic mass is 9.46. The van der Waals surface area contributed by atoms with Crippen molar-refractivity contribution in [1.29, 1.82) is 0 Å². The van der Waals surface area contributed by atoms with Gasteiger partial charge in [0.2, 0.25) is 0 Å². The zero-order chi connectivity index (χ0) is 27.8. The number of Topliss-reactive ketones (excluding diaryl/α,β-unsaturated/α-hetero) is 1. The van der Waals surface area contributed by atoms with Crippen LogP contribution >= 0.6 is 0 Å². The van der Waals surface area contributed by atoms with E-state index in [0.717, 1.165) is 24.0 Å². The van der Waals surface area contributed by atoms with E-state index in [-0.39, 0.29) is 25.4 Å². The fourth-order valence-corrected chi connectivity index (χ4v) is 8.38. The lowest BCUT2D eigenvalue weighted by Gasteiger charge is -2.65. The van der Waals surface area contributed by atoms with Gasteiger partial charge in [-0.1, -0.05) is 31.1 Å². The van der Waals surface area contributed by atoms with Gasteiger partial charge < -0.3 is 9.47 Å². The molecule has 37 heavy (non-hydrogen) atoms. The summed E-state index contributed by atoms with van der Waals surface area (Å²) in [6, 6.07) is 0.